The maximum absolute atomic E-state index is 11.2. The molecule has 18 heavy (non-hydrogen) atoms. The Hall–Kier alpha value is -1.14. The van der Waals surface area contributed by atoms with Gasteiger partial charge in [0, 0.05) is 29.4 Å². The lowest BCUT2D eigenvalue weighted by atomic mass is 10.3. The van der Waals surface area contributed by atoms with E-state index in [0.29, 0.717) is 23.7 Å². The van der Waals surface area contributed by atoms with Crippen molar-refractivity contribution in [3.05, 3.63) is 23.0 Å². The summed E-state index contributed by atoms with van der Waals surface area (Å²) in [6, 6.07) is 5.84. The number of hydrogen-bond acceptors (Lipinski definition) is 3. The van der Waals surface area contributed by atoms with Gasteiger partial charge in [0.2, 0.25) is 0 Å². The second-order valence-electron chi connectivity index (χ2n) is 3.94. The van der Waals surface area contributed by atoms with Crippen molar-refractivity contribution in [1.29, 1.82) is 0 Å². The van der Waals surface area contributed by atoms with Gasteiger partial charge in [-0.2, -0.15) is 0 Å². The van der Waals surface area contributed by atoms with Crippen LogP contribution in [-0.2, 0) is 17.3 Å². The highest BCUT2D eigenvalue weighted by molar-refractivity contribution is 7.84. The van der Waals surface area contributed by atoms with Crippen LogP contribution in [0.5, 0.6) is 5.75 Å². The largest absolute Gasteiger partial charge is 0.492 e. The number of aromatic nitrogens is 2. The molecule has 98 valence electrons. The standard InChI is InChI=1S/C12H16N2O2S2/c1-3-16-10-6-4-5-9-11(10)13-12(17)14(9)7-8-18(2)15/h4-6H,3,7-8H2,1-2H3,(H,13,17). The van der Waals surface area contributed by atoms with Gasteiger partial charge in [0.25, 0.3) is 0 Å². The number of nitrogens with zero attached hydrogens (tertiary/aromatic N) is 1. The number of imidazole rings is 1. The van der Waals surface area contributed by atoms with Crippen molar-refractivity contribution in [2.45, 2.75) is 13.5 Å². The summed E-state index contributed by atoms with van der Waals surface area (Å²) >= 11 is 5.30. The lowest BCUT2D eigenvalue weighted by Gasteiger charge is -2.05. The van der Waals surface area contributed by atoms with Crippen LogP contribution >= 0.6 is 12.2 Å². The first-order valence-corrected chi connectivity index (χ1v) is 7.91. The molecule has 1 unspecified atom stereocenters. The highest BCUT2D eigenvalue weighted by atomic mass is 32.2. The third kappa shape index (κ3) is 2.64. The topological polar surface area (TPSA) is 47.0 Å². The first-order chi connectivity index (χ1) is 8.63. The number of para-hydroxylation sites is 1. The van der Waals surface area contributed by atoms with Crippen LogP contribution in [0.1, 0.15) is 6.92 Å². The van der Waals surface area contributed by atoms with Gasteiger partial charge in [0.15, 0.2) is 4.77 Å². The Bertz CT molecular complexity index is 631. The maximum atomic E-state index is 11.2. The van der Waals surface area contributed by atoms with Crippen molar-refractivity contribution >= 4 is 34.1 Å². The monoisotopic (exact) mass is 284 g/mol. The van der Waals surface area contributed by atoms with Gasteiger partial charge < -0.3 is 14.3 Å². The highest BCUT2D eigenvalue weighted by Gasteiger charge is 2.09. The molecule has 0 fully saturated rings. The molecule has 0 saturated carbocycles. The molecule has 1 N–H and O–H groups in total. The van der Waals surface area contributed by atoms with Crippen LogP contribution in [0.15, 0.2) is 18.2 Å². The van der Waals surface area contributed by atoms with Crippen molar-refractivity contribution < 1.29 is 8.95 Å². The molecule has 4 nitrogen and oxygen atoms in total. The highest BCUT2D eigenvalue weighted by Crippen LogP contribution is 2.24. The molecule has 0 aliphatic carbocycles. The fourth-order valence-corrected chi connectivity index (χ4v) is 2.60. The van der Waals surface area contributed by atoms with E-state index in [-0.39, 0.29) is 0 Å². The minimum absolute atomic E-state index is 0.597. The molecule has 2 aromatic rings. The molecule has 0 saturated heterocycles. The fraction of sp³-hybridized carbons (Fsp3) is 0.417. The fourth-order valence-electron chi connectivity index (χ4n) is 1.87. The molecule has 0 aliphatic rings. The molecule has 1 atom stereocenters. The molecular weight excluding hydrogens is 268 g/mol. The number of aryl methyl sites for hydroxylation is 1. The summed E-state index contributed by atoms with van der Waals surface area (Å²) in [5, 5.41) is 0. The van der Waals surface area contributed by atoms with Crippen molar-refractivity contribution in [2.24, 2.45) is 0 Å². The minimum Gasteiger partial charge on any atom is -0.492 e. The second-order valence-corrected chi connectivity index (χ2v) is 5.88. The molecule has 0 amide bonds. The van der Waals surface area contributed by atoms with Gasteiger partial charge in [0.05, 0.1) is 12.1 Å². The van der Waals surface area contributed by atoms with Gasteiger partial charge in [-0.25, -0.2) is 0 Å². The van der Waals surface area contributed by atoms with Gasteiger partial charge in [-0.3, -0.25) is 4.21 Å². The van der Waals surface area contributed by atoms with Crippen molar-refractivity contribution in [2.75, 3.05) is 18.6 Å². The number of fused-ring (bicyclic) bond motifs is 1. The Morgan fingerprint density at radius 2 is 2.28 bits per heavy atom. The van der Waals surface area contributed by atoms with Gasteiger partial charge >= 0.3 is 0 Å². The number of rotatable bonds is 5. The number of ether oxygens (including phenoxy) is 1. The van der Waals surface area contributed by atoms with Crippen molar-refractivity contribution in [3.63, 3.8) is 0 Å². The average molecular weight is 284 g/mol. The van der Waals surface area contributed by atoms with E-state index >= 15 is 0 Å². The lowest BCUT2D eigenvalue weighted by molar-refractivity contribution is 0.343. The predicted molar refractivity (Wildman–Crippen MR) is 77.2 cm³/mol. The summed E-state index contributed by atoms with van der Waals surface area (Å²) in [5.41, 5.74) is 1.91. The SMILES string of the molecule is CCOc1cccc2c1[nH]c(=S)n2CCS(C)=O. The van der Waals surface area contributed by atoms with Gasteiger partial charge in [-0.1, -0.05) is 6.07 Å². The van der Waals surface area contributed by atoms with Crippen molar-refractivity contribution in [3.8, 4) is 5.75 Å². The van der Waals surface area contributed by atoms with E-state index in [1.807, 2.05) is 29.7 Å². The molecule has 2 rings (SSSR count). The van der Waals surface area contributed by atoms with Crippen LogP contribution in [-0.4, -0.2) is 32.4 Å². The zero-order valence-corrected chi connectivity index (χ0v) is 12.1. The Morgan fingerprint density at radius 1 is 1.50 bits per heavy atom. The van der Waals surface area contributed by atoms with Crippen LogP contribution in [0.3, 0.4) is 0 Å². The zero-order chi connectivity index (χ0) is 13.1. The van der Waals surface area contributed by atoms with Crippen LogP contribution in [0.25, 0.3) is 11.0 Å². The smallest absolute Gasteiger partial charge is 0.178 e. The normalized spacial score (nSPS) is 12.8. The number of benzene rings is 1. The van der Waals surface area contributed by atoms with E-state index in [0.717, 1.165) is 16.8 Å². The molecule has 1 aromatic carbocycles. The Morgan fingerprint density at radius 3 is 2.94 bits per heavy atom. The molecule has 0 radical (unpaired) electrons. The lowest BCUT2D eigenvalue weighted by Crippen LogP contribution is -2.06. The summed E-state index contributed by atoms with van der Waals surface area (Å²) in [6.45, 7) is 3.21. The molecule has 1 aromatic heterocycles. The van der Waals surface area contributed by atoms with Crippen LogP contribution in [0.4, 0.5) is 0 Å². The number of aromatic amines is 1. The first kappa shape index (κ1) is 13.3. The second kappa shape index (κ2) is 5.67. The molecular formula is C12H16N2O2S2. The summed E-state index contributed by atoms with van der Waals surface area (Å²) in [5.74, 6) is 1.40. The predicted octanol–water partition coefficient (Wildman–Crippen LogP) is 2.48. The van der Waals surface area contributed by atoms with E-state index in [2.05, 4.69) is 4.98 Å². The Kier molecular flexibility index (Phi) is 4.19. The van der Waals surface area contributed by atoms with Crippen LogP contribution < -0.4 is 4.74 Å². The number of H-pyrrole nitrogens is 1. The van der Waals surface area contributed by atoms with E-state index in [4.69, 9.17) is 17.0 Å². The zero-order valence-electron chi connectivity index (χ0n) is 10.4. The van der Waals surface area contributed by atoms with Crippen LogP contribution in [0.2, 0.25) is 0 Å². The number of nitrogens with one attached hydrogen (secondary N) is 1. The molecule has 0 aliphatic heterocycles. The maximum Gasteiger partial charge on any atom is 0.178 e. The third-order valence-electron chi connectivity index (χ3n) is 2.67. The molecule has 0 spiro atoms. The number of hydrogen-bond donors (Lipinski definition) is 1. The molecule has 0 bridgehead atoms. The average Bonchev–Trinajstić information content (AvgIpc) is 2.64. The molecule has 1 heterocycles. The van der Waals surface area contributed by atoms with E-state index in [9.17, 15) is 4.21 Å². The molecule has 6 heteroatoms. The Labute approximate surface area is 113 Å². The van der Waals surface area contributed by atoms with E-state index in [1.54, 1.807) is 6.26 Å². The summed E-state index contributed by atoms with van der Waals surface area (Å²) in [6.07, 6.45) is 1.70. The van der Waals surface area contributed by atoms with Gasteiger partial charge in [-0.05, 0) is 31.3 Å². The summed E-state index contributed by atoms with van der Waals surface area (Å²) in [7, 11) is -0.822. The van der Waals surface area contributed by atoms with Crippen molar-refractivity contribution in [1.82, 2.24) is 9.55 Å². The third-order valence-corrected chi connectivity index (χ3v) is 3.75. The Balaban J connectivity index is 2.48. The van der Waals surface area contributed by atoms with E-state index < -0.39 is 10.8 Å². The van der Waals surface area contributed by atoms with Crippen LogP contribution in [0, 0.1) is 4.77 Å². The first-order valence-electron chi connectivity index (χ1n) is 5.78. The summed E-state index contributed by atoms with van der Waals surface area (Å²) in [4.78, 5) is 3.16. The van der Waals surface area contributed by atoms with Gasteiger partial charge in [0.1, 0.15) is 11.3 Å². The quantitative estimate of drug-likeness (QED) is 0.858. The van der Waals surface area contributed by atoms with Gasteiger partial charge in [-0.15, -0.1) is 0 Å². The minimum atomic E-state index is -0.822. The van der Waals surface area contributed by atoms with E-state index in [1.165, 1.54) is 0 Å². The summed E-state index contributed by atoms with van der Waals surface area (Å²) < 4.78 is 19.4.